The van der Waals surface area contributed by atoms with E-state index in [1.54, 1.807) is 6.20 Å². The Bertz CT molecular complexity index is 551. The topological polar surface area (TPSA) is 57.4 Å². The Balaban J connectivity index is 0.000000138. The van der Waals surface area contributed by atoms with Crippen molar-refractivity contribution < 1.29 is 0 Å². The zero-order valence-corrected chi connectivity index (χ0v) is 9.36. The number of rotatable bonds is 0. The largest absolute Gasteiger partial charge is 0.346 e. The molecule has 0 aliphatic carbocycles. The molecule has 0 saturated heterocycles. The van der Waals surface area contributed by atoms with Crippen molar-refractivity contribution >= 4 is 11.0 Å². The summed E-state index contributed by atoms with van der Waals surface area (Å²) in [6.07, 6.45) is 7.35. The van der Waals surface area contributed by atoms with Crippen LogP contribution in [0.15, 0.2) is 36.9 Å². The Morgan fingerprint density at radius 3 is 2.62 bits per heavy atom. The molecule has 4 heteroatoms. The summed E-state index contributed by atoms with van der Waals surface area (Å²) >= 11 is 0. The third-order valence-electron chi connectivity index (χ3n) is 2.31. The molecule has 0 atom stereocenters. The molecule has 16 heavy (non-hydrogen) atoms. The van der Waals surface area contributed by atoms with Gasteiger partial charge in [0.25, 0.3) is 0 Å². The zero-order chi connectivity index (χ0) is 11.4. The van der Waals surface area contributed by atoms with Gasteiger partial charge in [-0.25, -0.2) is 4.98 Å². The first kappa shape index (κ1) is 10.4. The van der Waals surface area contributed by atoms with Crippen molar-refractivity contribution in [3.63, 3.8) is 0 Å². The van der Waals surface area contributed by atoms with Crippen molar-refractivity contribution in [3.05, 3.63) is 48.0 Å². The van der Waals surface area contributed by atoms with Crippen molar-refractivity contribution in [1.29, 1.82) is 0 Å². The van der Waals surface area contributed by atoms with E-state index in [0.29, 0.717) is 0 Å². The van der Waals surface area contributed by atoms with Gasteiger partial charge in [0.1, 0.15) is 5.65 Å². The highest BCUT2D eigenvalue weighted by molar-refractivity contribution is 5.78. The maximum atomic E-state index is 4.15. The fraction of sp³-hybridized carbons (Fsp3) is 0.167. The fourth-order valence-electron chi connectivity index (χ4n) is 1.41. The minimum atomic E-state index is 0.972. The van der Waals surface area contributed by atoms with Crippen molar-refractivity contribution in [3.8, 4) is 0 Å². The van der Waals surface area contributed by atoms with Gasteiger partial charge in [-0.3, -0.25) is 5.10 Å². The van der Waals surface area contributed by atoms with Crippen LogP contribution in [0.25, 0.3) is 11.0 Å². The number of H-pyrrole nitrogens is 2. The van der Waals surface area contributed by atoms with E-state index in [0.717, 1.165) is 5.65 Å². The molecule has 82 valence electrons. The van der Waals surface area contributed by atoms with Gasteiger partial charge in [-0.15, -0.1) is 0 Å². The van der Waals surface area contributed by atoms with Crippen molar-refractivity contribution in [2.24, 2.45) is 0 Å². The van der Waals surface area contributed by atoms with Crippen LogP contribution in [0.3, 0.4) is 0 Å². The second kappa shape index (κ2) is 4.61. The number of aromatic amines is 2. The summed E-state index contributed by atoms with van der Waals surface area (Å²) in [5.41, 5.74) is 3.42. The van der Waals surface area contributed by atoms with Crippen molar-refractivity contribution in [2.75, 3.05) is 0 Å². The molecular weight excluding hydrogens is 200 g/mol. The summed E-state index contributed by atoms with van der Waals surface area (Å²) in [7, 11) is 0. The van der Waals surface area contributed by atoms with Crippen LogP contribution in [0.4, 0.5) is 0 Å². The molecule has 3 aromatic heterocycles. The fourth-order valence-corrected chi connectivity index (χ4v) is 1.41. The van der Waals surface area contributed by atoms with E-state index < -0.39 is 0 Å². The van der Waals surface area contributed by atoms with Gasteiger partial charge in [0.05, 0.1) is 6.20 Å². The summed E-state index contributed by atoms with van der Waals surface area (Å²) in [4.78, 5) is 7.20. The molecule has 0 aromatic carbocycles. The molecule has 0 unspecified atom stereocenters. The first-order valence-electron chi connectivity index (χ1n) is 5.11. The Kier molecular flexibility index (Phi) is 3.00. The van der Waals surface area contributed by atoms with Crippen LogP contribution in [0.5, 0.6) is 0 Å². The number of hydrogen-bond donors (Lipinski definition) is 2. The maximum absolute atomic E-state index is 4.15. The summed E-state index contributed by atoms with van der Waals surface area (Å²) in [5.74, 6) is 0. The minimum absolute atomic E-state index is 0.972. The first-order chi connectivity index (χ1) is 7.77. The standard InChI is InChI=1S/C8H8N2.C4H6N2/c1-6-2-4-9-8-7(6)3-5-10-8;1-4-2-5-6-3-4/h2-5H,1H3,(H,9,10);2-3H,1H3,(H,5,6). The Labute approximate surface area is 93.7 Å². The van der Waals surface area contributed by atoms with Gasteiger partial charge in [0.15, 0.2) is 0 Å². The van der Waals surface area contributed by atoms with E-state index in [2.05, 4.69) is 27.1 Å². The van der Waals surface area contributed by atoms with Crippen LogP contribution in [-0.2, 0) is 0 Å². The van der Waals surface area contributed by atoms with E-state index in [-0.39, 0.29) is 0 Å². The molecule has 2 N–H and O–H groups in total. The SMILES string of the molecule is Cc1ccnc2[nH]ccc12.Cc1cn[nH]c1. The highest BCUT2D eigenvalue weighted by Gasteiger charge is 1.95. The van der Waals surface area contributed by atoms with Crippen LogP contribution in [0.2, 0.25) is 0 Å². The van der Waals surface area contributed by atoms with Gasteiger partial charge in [-0.2, -0.15) is 5.10 Å². The van der Waals surface area contributed by atoms with Crippen LogP contribution in [0, 0.1) is 13.8 Å². The molecule has 0 aliphatic rings. The summed E-state index contributed by atoms with van der Waals surface area (Å²) in [6.45, 7) is 4.07. The average Bonchev–Trinajstić information content (AvgIpc) is 2.90. The third kappa shape index (κ3) is 2.28. The van der Waals surface area contributed by atoms with Gasteiger partial charge in [0.2, 0.25) is 0 Å². The number of pyridine rings is 1. The van der Waals surface area contributed by atoms with E-state index in [1.165, 1.54) is 16.5 Å². The maximum Gasteiger partial charge on any atom is 0.137 e. The van der Waals surface area contributed by atoms with Gasteiger partial charge in [-0.1, -0.05) is 0 Å². The summed E-state index contributed by atoms with van der Waals surface area (Å²) < 4.78 is 0. The monoisotopic (exact) mass is 214 g/mol. The first-order valence-corrected chi connectivity index (χ1v) is 5.11. The summed E-state index contributed by atoms with van der Waals surface area (Å²) in [5, 5.41) is 7.59. The normalized spacial score (nSPS) is 9.88. The predicted molar refractivity (Wildman–Crippen MR) is 64.2 cm³/mol. The lowest BCUT2D eigenvalue weighted by Gasteiger charge is -1.91. The van der Waals surface area contributed by atoms with Crippen LogP contribution < -0.4 is 0 Å². The number of aromatic nitrogens is 4. The van der Waals surface area contributed by atoms with Gasteiger partial charge >= 0.3 is 0 Å². The molecular formula is C12H14N4. The number of hydrogen-bond acceptors (Lipinski definition) is 2. The van der Waals surface area contributed by atoms with Gasteiger partial charge in [0, 0.05) is 24.0 Å². The van der Waals surface area contributed by atoms with Crippen LogP contribution in [-0.4, -0.2) is 20.2 Å². The van der Waals surface area contributed by atoms with E-state index in [9.17, 15) is 0 Å². The number of fused-ring (bicyclic) bond motifs is 1. The lowest BCUT2D eigenvalue weighted by molar-refractivity contribution is 1.09. The predicted octanol–water partition coefficient (Wildman–Crippen LogP) is 2.59. The molecule has 3 rings (SSSR count). The number of aryl methyl sites for hydroxylation is 2. The highest BCUT2D eigenvalue weighted by atomic mass is 15.1. The van der Waals surface area contributed by atoms with Crippen molar-refractivity contribution in [1.82, 2.24) is 20.2 Å². The van der Waals surface area contributed by atoms with E-state index in [1.807, 2.05) is 37.6 Å². The molecule has 0 spiro atoms. The second-order valence-electron chi connectivity index (χ2n) is 3.64. The molecule has 4 nitrogen and oxygen atoms in total. The lowest BCUT2D eigenvalue weighted by Crippen LogP contribution is -1.77. The smallest absolute Gasteiger partial charge is 0.137 e. The van der Waals surface area contributed by atoms with Crippen molar-refractivity contribution in [2.45, 2.75) is 13.8 Å². The molecule has 0 amide bonds. The Morgan fingerprint density at radius 1 is 1.19 bits per heavy atom. The molecule has 0 fully saturated rings. The molecule has 0 bridgehead atoms. The Morgan fingerprint density at radius 2 is 2.06 bits per heavy atom. The molecule has 0 aliphatic heterocycles. The second-order valence-corrected chi connectivity index (χ2v) is 3.64. The molecule has 3 aromatic rings. The average molecular weight is 214 g/mol. The quantitative estimate of drug-likeness (QED) is 0.604. The number of nitrogens with zero attached hydrogens (tertiary/aromatic N) is 2. The molecule has 0 radical (unpaired) electrons. The highest BCUT2D eigenvalue weighted by Crippen LogP contribution is 2.12. The molecule has 0 saturated carbocycles. The van der Waals surface area contributed by atoms with Crippen LogP contribution >= 0.6 is 0 Å². The van der Waals surface area contributed by atoms with Crippen LogP contribution in [0.1, 0.15) is 11.1 Å². The summed E-state index contributed by atoms with van der Waals surface area (Å²) in [6, 6.07) is 4.05. The number of nitrogens with one attached hydrogen (secondary N) is 2. The third-order valence-corrected chi connectivity index (χ3v) is 2.31. The zero-order valence-electron chi connectivity index (χ0n) is 9.36. The Hall–Kier alpha value is -2.10. The minimum Gasteiger partial charge on any atom is -0.346 e. The van der Waals surface area contributed by atoms with Gasteiger partial charge < -0.3 is 4.98 Å². The van der Waals surface area contributed by atoms with E-state index >= 15 is 0 Å². The van der Waals surface area contributed by atoms with Gasteiger partial charge in [-0.05, 0) is 37.1 Å². The van der Waals surface area contributed by atoms with E-state index in [4.69, 9.17) is 0 Å². The molecule has 3 heterocycles. The lowest BCUT2D eigenvalue weighted by atomic mass is 10.2.